The zero-order chi connectivity index (χ0) is 14.4. The first-order valence-electron chi connectivity index (χ1n) is 6.75. The molecule has 3 nitrogen and oxygen atoms in total. The predicted molar refractivity (Wildman–Crippen MR) is 78.4 cm³/mol. The molecule has 2 rings (SSSR count). The van der Waals surface area contributed by atoms with Gasteiger partial charge in [-0.15, -0.1) is 0 Å². The van der Waals surface area contributed by atoms with E-state index in [0.29, 0.717) is 6.42 Å². The lowest BCUT2D eigenvalue weighted by atomic mass is 10.1. The van der Waals surface area contributed by atoms with Gasteiger partial charge < -0.3 is 0 Å². The molecule has 1 atom stereocenters. The standard InChI is InChI=1S/C17H19NO2/c1-14(12-15-8-4-2-5-9-15)18(20)17(19)13-16-10-6-3-7-11-16/h2-11,14,20H,12-13H2,1H3. The molecule has 0 heterocycles. The highest BCUT2D eigenvalue weighted by molar-refractivity contribution is 5.77. The van der Waals surface area contributed by atoms with Crippen LogP contribution in [-0.2, 0) is 17.6 Å². The summed E-state index contributed by atoms with van der Waals surface area (Å²) in [6.07, 6.45) is 0.855. The average molecular weight is 269 g/mol. The number of hydrogen-bond donors (Lipinski definition) is 1. The maximum atomic E-state index is 12.0. The molecule has 0 radical (unpaired) electrons. The number of benzene rings is 2. The minimum absolute atomic E-state index is 0.219. The number of rotatable bonds is 5. The molecule has 0 fully saturated rings. The fourth-order valence-electron chi connectivity index (χ4n) is 2.14. The van der Waals surface area contributed by atoms with E-state index in [-0.39, 0.29) is 18.4 Å². The minimum atomic E-state index is -0.278. The van der Waals surface area contributed by atoms with Crippen molar-refractivity contribution < 1.29 is 10.0 Å². The van der Waals surface area contributed by atoms with Crippen molar-refractivity contribution in [3.63, 3.8) is 0 Å². The van der Waals surface area contributed by atoms with Gasteiger partial charge in [0.15, 0.2) is 0 Å². The minimum Gasteiger partial charge on any atom is -0.286 e. The van der Waals surface area contributed by atoms with Crippen LogP contribution in [0.4, 0.5) is 0 Å². The molecule has 0 aliphatic heterocycles. The Kier molecular flexibility index (Phi) is 4.91. The molecule has 0 aromatic heterocycles. The second-order valence-electron chi connectivity index (χ2n) is 4.94. The van der Waals surface area contributed by atoms with Gasteiger partial charge in [-0.1, -0.05) is 60.7 Å². The van der Waals surface area contributed by atoms with Crippen LogP contribution in [0.5, 0.6) is 0 Å². The molecule has 1 N–H and O–H groups in total. The van der Waals surface area contributed by atoms with E-state index in [4.69, 9.17) is 0 Å². The fourth-order valence-corrected chi connectivity index (χ4v) is 2.14. The summed E-state index contributed by atoms with van der Waals surface area (Å²) in [6, 6.07) is 19.0. The maximum Gasteiger partial charge on any atom is 0.250 e. The van der Waals surface area contributed by atoms with Crippen molar-refractivity contribution in [2.24, 2.45) is 0 Å². The largest absolute Gasteiger partial charge is 0.286 e. The highest BCUT2D eigenvalue weighted by atomic mass is 16.5. The van der Waals surface area contributed by atoms with Crippen LogP contribution in [0, 0.1) is 0 Å². The SMILES string of the molecule is CC(Cc1ccccc1)N(O)C(=O)Cc1ccccc1. The van der Waals surface area contributed by atoms with Gasteiger partial charge in [0.25, 0.3) is 5.91 Å². The molecule has 0 saturated heterocycles. The molecule has 0 bridgehead atoms. The molecule has 2 aromatic rings. The zero-order valence-corrected chi connectivity index (χ0v) is 11.6. The lowest BCUT2D eigenvalue weighted by molar-refractivity contribution is -0.173. The molecule has 1 unspecified atom stereocenters. The number of nitrogens with zero attached hydrogens (tertiary/aromatic N) is 1. The average Bonchev–Trinajstić information content (AvgIpc) is 2.48. The molecule has 104 valence electrons. The molecule has 1 amide bonds. The Balaban J connectivity index is 1.93. The van der Waals surface area contributed by atoms with Crippen LogP contribution >= 0.6 is 0 Å². The van der Waals surface area contributed by atoms with Gasteiger partial charge in [0.2, 0.25) is 0 Å². The number of hydroxylamine groups is 2. The van der Waals surface area contributed by atoms with Crippen LogP contribution in [0.25, 0.3) is 0 Å². The van der Waals surface area contributed by atoms with Crippen LogP contribution in [0.3, 0.4) is 0 Å². The van der Waals surface area contributed by atoms with E-state index in [1.165, 1.54) is 0 Å². The molecule has 0 aliphatic carbocycles. The van der Waals surface area contributed by atoms with Gasteiger partial charge in [-0.3, -0.25) is 10.0 Å². The Morgan fingerprint density at radius 1 is 1.00 bits per heavy atom. The lowest BCUT2D eigenvalue weighted by Crippen LogP contribution is -2.38. The number of hydrogen-bond acceptors (Lipinski definition) is 2. The van der Waals surface area contributed by atoms with Gasteiger partial charge in [0.05, 0.1) is 12.5 Å². The first kappa shape index (κ1) is 14.3. The summed E-state index contributed by atoms with van der Waals surface area (Å²) in [5.74, 6) is -0.278. The van der Waals surface area contributed by atoms with Crippen molar-refractivity contribution in [1.82, 2.24) is 5.06 Å². The normalized spacial score (nSPS) is 11.9. The molecular formula is C17H19NO2. The van der Waals surface area contributed by atoms with Gasteiger partial charge in [0, 0.05) is 0 Å². The summed E-state index contributed by atoms with van der Waals surface area (Å²) in [5.41, 5.74) is 2.01. The number of amides is 1. The third-order valence-corrected chi connectivity index (χ3v) is 3.25. The molecule has 3 heteroatoms. The van der Waals surface area contributed by atoms with Crippen LogP contribution in [-0.4, -0.2) is 22.2 Å². The molecule has 20 heavy (non-hydrogen) atoms. The Morgan fingerprint density at radius 2 is 1.50 bits per heavy atom. The van der Waals surface area contributed by atoms with E-state index in [1.54, 1.807) is 0 Å². The summed E-state index contributed by atoms with van der Waals surface area (Å²) in [4.78, 5) is 12.0. The third kappa shape index (κ3) is 3.93. The summed E-state index contributed by atoms with van der Waals surface area (Å²) >= 11 is 0. The van der Waals surface area contributed by atoms with E-state index in [0.717, 1.165) is 16.2 Å². The smallest absolute Gasteiger partial charge is 0.250 e. The lowest BCUT2D eigenvalue weighted by Gasteiger charge is -2.22. The van der Waals surface area contributed by atoms with Crippen molar-refractivity contribution >= 4 is 5.91 Å². The van der Waals surface area contributed by atoms with Gasteiger partial charge in [-0.05, 0) is 24.5 Å². The van der Waals surface area contributed by atoms with Gasteiger partial charge in [0.1, 0.15) is 0 Å². The van der Waals surface area contributed by atoms with Crippen LogP contribution < -0.4 is 0 Å². The summed E-state index contributed by atoms with van der Waals surface area (Å²) in [7, 11) is 0. The van der Waals surface area contributed by atoms with Crippen molar-refractivity contribution in [2.75, 3.05) is 0 Å². The Labute approximate surface area is 119 Å². The van der Waals surface area contributed by atoms with Gasteiger partial charge in [-0.25, -0.2) is 5.06 Å². The Hall–Kier alpha value is -2.13. The zero-order valence-electron chi connectivity index (χ0n) is 11.6. The van der Waals surface area contributed by atoms with Gasteiger partial charge in [-0.2, -0.15) is 0 Å². The van der Waals surface area contributed by atoms with Crippen LogP contribution in [0.1, 0.15) is 18.1 Å². The van der Waals surface area contributed by atoms with E-state index < -0.39 is 0 Å². The van der Waals surface area contributed by atoms with E-state index in [2.05, 4.69) is 0 Å². The van der Waals surface area contributed by atoms with E-state index in [1.807, 2.05) is 67.6 Å². The number of carbonyl (C=O) groups excluding carboxylic acids is 1. The van der Waals surface area contributed by atoms with Crippen molar-refractivity contribution in [1.29, 1.82) is 0 Å². The topological polar surface area (TPSA) is 40.5 Å². The van der Waals surface area contributed by atoms with E-state index in [9.17, 15) is 10.0 Å². The van der Waals surface area contributed by atoms with Crippen LogP contribution in [0.15, 0.2) is 60.7 Å². The van der Waals surface area contributed by atoms with E-state index >= 15 is 0 Å². The maximum absolute atomic E-state index is 12.0. The summed E-state index contributed by atoms with van der Waals surface area (Å²) in [5, 5.41) is 10.8. The fraction of sp³-hybridized carbons (Fsp3) is 0.235. The van der Waals surface area contributed by atoms with Crippen molar-refractivity contribution in [3.05, 3.63) is 71.8 Å². The third-order valence-electron chi connectivity index (χ3n) is 3.25. The Bertz CT molecular complexity index is 539. The predicted octanol–water partition coefficient (Wildman–Crippen LogP) is 3.08. The monoisotopic (exact) mass is 269 g/mol. The summed E-state index contributed by atoms with van der Waals surface area (Å²) in [6.45, 7) is 1.84. The quantitative estimate of drug-likeness (QED) is 0.669. The van der Waals surface area contributed by atoms with Crippen molar-refractivity contribution in [3.8, 4) is 0 Å². The molecule has 0 aliphatic rings. The first-order valence-corrected chi connectivity index (χ1v) is 6.75. The van der Waals surface area contributed by atoms with Crippen LogP contribution in [0.2, 0.25) is 0 Å². The summed E-state index contributed by atoms with van der Waals surface area (Å²) < 4.78 is 0. The van der Waals surface area contributed by atoms with Gasteiger partial charge >= 0.3 is 0 Å². The Morgan fingerprint density at radius 3 is 2.05 bits per heavy atom. The molecule has 0 spiro atoms. The van der Waals surface area contributed by atoms with Crippen molar-refractivity contribution in [2.45, 2.75) is 25.8 Å². The number of carbonyl (C=O) groups is 1. The highest BCUT2D eigenvalue weighted by Crippen LogP contribution is 2.09. The second kappa shape index (κ2) is 6.87. The molecule has 0 saturated carbocycles. The second-order valence-corrected chi connectivity index (χ2v) is 4.94. The molecule has 2 aromatic carbocycles. The molecular weight excluding hydrogens is 250 g/mol. The first-order chi connectivity index (χ1) is 9.66. The highest BCUT2D eigenvalue weighted by Gasteiger charge is 2.18.